The smallest absolute Gasteiger partial charge is 0.261 e. The van der Waals surface area contributed by atoms with Gasteiger partial charge in [0.25, 0.3) is 10.0 Å². The number of rotatable bonds is 7. The Morgan fingerprint density at radius 3 is 2.51 bits per heavy atom. The molecule has 0 radical (unpaired) electrons. The molecular weight excluding hydrogens is 577 g/mol. The van der Waals surface area contributed by atoms with E-state index < -0.39 is 10.0 Å². The predicted octanol–water partition coefficient (Wildman–Crippen LogP) is 5.55. The van der Waals surface area contributed by atoms with E-state index in [9.17, 15) is 8.42 Å². The van der Waals surface area contributed by atoms with Crippen molar-refractivity contribution in [3.63, 3.8) is 0 Å². The van der Waals surface area contributed by atoms with Gasteiger partial charge in [0.05, 0.1) is 23.9 Å². The van der Waals surface area contributed by atoms with Crippen molar-refractivity contribution in [3.05, 3.63) is 94.8 Å². The molecule has 0 saturated carbocycles. The van der Waals surface area contributed by atoms with Gasteiger partial charge in [-0.3, -0.25) is 4.72 Å². The molecule has 2 heterocycles. The fourth-order valence-corrected chi connectivity index (χ4v) is 4.98. The SMILES string of the molecule is COc1cccc(-c2cnn3ccc(Nc4cccc(NS(=O)(=O)c5ccc(I)cc5)c4)nc23)c1. The first-order valence-corrected chi connectivity index (χ1v) is 13.1. The van der Waals surface area contributed by atoms with Crippen LogP contribution in [0, 0.1) is 3.57 Å². The molecule has 35 heavy (non-hydrogen) atoms. The van der Waals surface area contributed by atoms with E-state index in [0.717, 1.165) is 20.4 Å². The Labute approximate surface area is 216 Å². The minimum absolute atomic E-state index is 0.203. The van der Waals surface area contributed by atoms with Gasteiger partial charge in [0.15, 0.2) is 5.65 Å². The molecule has 2 N–H and O–H groups in total. The molecule has 0 saturated heterocycles. The minimum atomic E-state index is -3.70. The first-order chi connectivity index (χ1) is 16.9. The number of nitrogens with zero attached hydrogens (tertiary/aromatic N) is 3. The maximum atomic E-state index is 12.8. The fraction of sp³-hybridized carbons (Fsp3) is 0.0400. The highest BCUT2D eigenvalue weighted by atomic mass is 127. The Morgan fingerprint density at radius 2 is 1.71 bits per heavy atom. The zero-order valence-corrected chi connectivity index (χ0v) is 21.5. The molecule has 0 aliphatic carbocycles. The van der Waals surface area contributed by atoms with Crippen LogP contribution in [0.2, 0.25) is 0 Å². The van der Waals surface area contributed by atoms with Crippen molar-refractivity contribution in [2.45, 2.75) is 4.90 Å². The number of hydrogen-bond acceptors (Lipinski definition) is 6. The lowest BCUT2D eigenvalue weighted by atomic mass is 10.1. The molecule has 3 aromatic carbocycles. The van der Waals surface area contributed by atoms with Gasteiger partial charge in [-0.05, 0) is 88.8 Å². The van der Waals surface area contributed by atoms with Crippen LogP contribution in [0.25, 0.3) is 16.8 Å². The van der Waals surface area contributed by atoms with Crippen molar-refractivity contribution in [1.82, 2.24) is 14.6 Å². The van der Waals surface area contributed by atoms with Crippen LogP contribution in [-0.4, -0.2) is 30.1 Å². The van der Waals surface area contributed by atoms with Crippen molar-refractivity contribution in [1.29, 1.82) is 0 Å². The summed E-state index contributed by atoms with van der Waals surface area (Å²) in [4.78, 5) is 4.93. The summed E-state index contributed by atoms with van der Waals surface area (Å²) in [5, 5.41) is 7.64. The summed E-state index contributed by atoms with van der Waals surface area (Å²) in [7, 11) is -2.07. The van der Waals surface area contributed by atoms with Gasteiger partial charge in [-0.25, -0.2) is 17.9 Å². The lowest BCUT2D eigenvalue weighted by molar-refractivity contribution is 0.415. The third-order valence-electron chi connectivity index (χ3n) is 5.26. The molecule has 176 valence electrons. The molecule has 2 aromatic heterocycles. The van der Waals surface area contributed by atoms with Gasteiger partial charge in [-0.2, -0.15) is 5.10 Å². The Bertz CT molecular complexity index is 1620. The summed E-state index contributed by atoms with van der Waals surface area (Å²) in [6, 6.07) is 23.2. The lowest BCUT2D eigenvalue weighted by Gasteiger charge is -2.11. The second-order valence-electron chi connectivity index (χ2n) is 7.64. The number of fused-ring (bicyclic) bond motifs is 1. The first-order valence-electron chi connectivity index (χ1n) is 10.6. The topological polar surface area (TPSA) is 97.6 Å². The Hall–Kier alpha value is -3.64. The molecule has 0 aliphatic rings. The molecule has 10 heteroatoms. The lowest BCUT2D eigenvalue weighted by Crippen LogP contribution is -2.13. The van der Waals surface area contributed by atoms with Gasteiger partial charge in [-0.1, -0.05) is 18.2 Å². The predicted molar refractivity (Wildman–Crippen MR) is 145 cm³/mol. The second kappa shape index (κ2) is 9.55. The van der Waals surface area contributed by atoms with Gasteiger partial charge >= 0.3 is 0 Å². The van der Waals surface area contributed by atoms with Gasteiger partial charge in [0.1, 0.15) is 11.6 Å². The highest BCUT2D eigenvalue weighted by molar-refractivity contribution is 14.1. The molecule has 0 unspecified atom stereocenters. The van der Waals surface area contributed by atoms with E-state index in [4.69, 9.17) is 9.72 Å². The Morgan fingerprint density at radius 1 is 0.943 bits per heavy atom. The largest absolute Gasteiger partial charge is 0.497 e. The number of benzene rings is 3. The minimum Gasteiger partial charge on any atom is -0.497 e. The van der Waals surface area contributed by atoms with Crippen LogP contribution in [-0.2, 0) is 10.0 Å². The molecule has 5 aromatic rings. The highest BCUT2D eigenvalue weighted by Gasteiger charge is 2.14. The Balaban J connectivity index is 1.40. The van der Waals surface area contributed by atoms with Crippen LogP contribution < -0.4 is 14.8 Å². The van der Waals surface area contributed by atoms with E-state index in [1.54, 1.807) is 66.4 Å². The molecule has 0 atom stereocenters. The quantitative estimate of drug-likeness (QED) is 0.239. The number of anilines is 3. The van der Waals surface area contributed by atoms with Gasteiger partial charge in [0.2, 0.25) is 0 Å². The van der Waals surface area contributed by atoms with Crippen LogP contribution in [0.4, 0.5) is 17.2 Å². The second-order valence-corrected chi connectivity index (χ2v) is 10.6. The van der Waals surface area contributed by atoms with E-state index in [0.29, 0.717) is 22.8 Å². The highest BCUT2D eigenvalue weighted by Crippen LogP contribution is 2.28. The normalized spacial score (nSPS) is 11.4. The molecule has 8 nitrogen and oxygen atoms in total. The number of halogens is 1. The standard InChI is InChI=1S/C25H20IN5O3S/c1-34-21-7-2-4-17(14-21)23-16-27-31-13-12-24(29-25(23)31)28-19-5-3-6-20(15-19)30-35(32,33)22-10-8-18(26)9-11-22/h2-16,30H,1H3,(H,28,29). The number of methoxy groups -OCH3 is 1. The van der Waals surface area contributed by atoms with Crippen LogP contribution in [0.3, 0.4) is 0 Å². The van der Waals surface area contributed by atoms with Crippen molar-refractivity contribution < 1.29 is 13.2 Å². The number of sulfonamides is 1. The average molecular weight is 597 g/mol. The summed E-state index contributed by atoms with van der Waals surface area (Å²) < 4.78 is 36.1. The Kier molecular flexibility index (Phi) is 6.31. The van der Waals surface area contributed by atoms with Crippen molar-refractivity contribution in [2.24, 2.45) is 0 Å². The molecular formula is C25H20IN5O3S. The van der Waals surface area contributed by atoms with Crippen molar-refractivity contribution in [2.75, 3.05) is 17.1 Å². The van der Waals surface area contributed by atoms with E-state index in [2.05, 4.69) is 37.7 Å². The maximum Gasteiger partial charge on any atom is 0.261 e. The van der Waals surface area contributed by atoms with Gasteiger partial charge in [0, 0.05) is 21.0 Å². The fourth-order valence-electron chi connectivity index (χ4n) is 3.57. The number of aromatic nitrogens is 3. The summed E-state index contributed by atoms with van der Waals surface area (Å²) in [6.45, 7) is 0. The summed E-state index contributed by atoms with van der Waals surface area (Å²) in [6.07, 6.45) is 3.58. The third kappa shape index (κ3) is 5.08. The summed E-state index contributed by atoms with van der Waals surface area (Å²) in [5.41, 5.74) is 3.62. The van der Waals surface area contributed by atoms with Crippen LogP contribution >= 0.6 is 22.6 Å². The number of nitrogens with one attached hydrogen (secondary N) is 2. The van der Waals surface area contributed by atoms with Crippen molar-refractivity contribution >= 4 is 55.5 Å². The zero-order valence-electron chi connectivity index (χ0n) is 18.5. The molecule has 5 rings (SSSR count). The molecule has 0 spiro atoms. The van der Waals surface area contributed by atoms with Crippen LogP contribution in [0.5, 0.6) is 5.75 Å². The molecule has 0 bridgehead atoms. The van der Waals surface area contributed by atoms with E-state index >= 15 is 0 Å². The van der Waals surface area contributed by atoms with E-state index in [-0.39, 0.29) is 4.90 Å². The van der Waals surface area contributed by atoms with E-state index in [1.165, 1.54) is 0 Å². The summed E-state index contributed by atoms with van der Waals surface area (Å²) in [5.74, 6) is 1.35. The maximum absolute atomic E-state index is 12.8. The van der Waals surface area contributed by atoms with Gasteiger partial charge < -0.3 is 10.1 Å². The summed E-state index contributed by atoms with van der Waals surface area (Å²) >= 11 is 2.14. The third-order valence-corrected chi connectivity index (χ3v) is 7.38. The van der Waals surface area contributed by atoms with Gasteiger partial charge in [-0.15, -0.1) is 0 Å². The molecule has 0 amide bonds. The van der Waals surface area contributed by atoms with E-state index in [1.807, 2.05) is 36.5 Å². The van der Waals surface area contributed by atoms with Crippen LogP contribution in [0.15, 0.2) is 96.2 Å². The molecule has 0 aliphatic heterocycles. The van der Waals surface area contributed by atoms with Crippen molar-refractivity contribution in [3.8, 4) is 16.9 Å². The monoisotopic (exact) mass is 597 g/mol. The molecule has 0 fully saturated rings. The zero-order chi connectivity index (χ0) is 24.4. The van der Waals surface area contributed by atoms with Crippen LogP contribution in [0.1, 0.15) is 0 Å². The number of ether oxygens (including phenoxy) is 1. The number of hydrogen-bond donors (Lipinski definition) is 2. The average Bonchev–Trinajstić information content (AvgIpc) is 3.28. The first kappa shape index (κ1) is 23.1.